The Labute approximate surface area is 248 Å². The van der Waals surface area contributed by atoms with Crippen LogP contribution in [0, 0.1) is 5.41 Å². The molecule has 0 aromatic rings. The van der Waals surface area contributed by atoms with Crippen molar-refractivity contribution in [1.29, 1.82) is 0 Å². The van der Waals surface area contributed by atoms with E-state index in [1.165, 1.54) is 58.3 Å². The Balaban J connectivity index is 2.58. The number of rotatable bonds is 13. The van der Waals surface area contributed by atoms with Crippen molar-refractivity contribution in [2.45, 2.75) is 101 Å². The van der Waals surface area contributed by atoms with E-state index in [-0.39, 0.29) is 5.41 Å². The monoisotopic (exact) mass is 536 g/mol. The normalized spacial score (nSPS) is 18.5. The van der Waals surface area contributed by atoms with Crippen molar-refractivity contribution in [3.63, 3.8) is 0 Å². The Morgan fingerprint density at radius 1 is 0.650 bits per heavy atom. The van der Waals surface area contributed by atoms with Crippen LogP contribution in [0.15, 0.2) is 142 Å². The lowest BCUT2D eigenvalue weighted by molar-refractivity contribution is 0.377. The average molecular weight is 537 g/mol. The molecule has 0 spiro atoms. The van der Waals surface area contributed by atoms with E-state index in [1.54, 1.807) is 5.57 Å². The van der Waals surface area contributed by atoms with Gasteiger partial charge in [-0.3, -0.25) is 0 Å². The van der Waals surface area contributed by atoms with E-state index in [0.29, 0.717) is 0 Å². The van der Waals surface area contributed by atoms with E-state index in [4.69, 9.17) is 0 Å². The number of allylic oxidation sites excluding steroid dienone is 24. The minimum absolute atomic E-state index is 0.290. The highest BCUT2D eigenvalue weighted by atomic mass is 14.3. The fourth-order valence-corrected chi connectivity index (χ4v) is 4.60. The Morgan fingerprint density at radius 3 is 1.62 bits per heavy atom. The zero-order valence-corrected chi connectivity index (χ0v) is 27.3. The second-order valence-corrected chi connectivity index (χ2v) is 12.2. The molecule has 0 atom stereocenters. The minimum Gasteiger partial charge on any atom is -0.0856 e. The largest absolute Gasteiger partial charge is 0.0856 e. The van der Waals surface area contributed by atoms with Crippen LogP contribution >= 0.6 is 0 Å². The van der Waals surface area contributed by atoms with Crippen molar-refractivity contribution in [1.82, 2.24) is 0 Å². The summed E-state index contributed by atoms with van der Waals surface area (Å²) in [6.45, 7) is 22.1. The molecule has 0 fully saturated rings. The summed E-state index contributed by atoms with van der Waals surface area (Å²) in [6.07, 6.45) is 40.9. The van der Waals surface area contributed by atoms with Gasteiger partial charge in [0.05, 0.1) is 0 Å². The van der Waals surface area contributed by atoms with E-state index in [2.05, 4.69) is 166 Å². The van der Waals surface area contributed by atoms with Crippen LogP contribution in [0.3, 0.4) is 0 Å². The van der Waals surface area contributed by atoms with Crippen LogP contribution in [-0.4, -0.2) is 0 Å². The third kappa shape index (κ3) is 16.1. The van der Waals surface area contributed by atoms with E-state index < -0.39 is 0 Å². The number of hydrogen-bond acceptors (Lipinski definition) is 0. The third-order valence-corrected chi connectivity index (χ3v) is 7.15. The van der Waals surface area contributed by atoms with Gasteiger partial charge in [0.25, 0.3) is 0 Å². The fourth-order valence-electron chi connectivity index (χ4n) is 4.60. The van der Waals surface area contributed by atoms with Crippen LogP contribution in [0.4, 0.5) is 0 Å². The van der Waals surface area contributed by atoms with E-state index in [1.807, 2.05) is 0 Å². The topological polar surface area (TPSA) is 0 Å². The summed E-state index contributed by atoms with van der Waals surface area (Å²) in [4.78, 5) is 0. The van der Waals surface area contributed by atoms with E-state index >= 15 is 0 Å². The van der Waals surface area contributed by atoms with Crippen molar-refractivity contribution >= 4 is 0 Å². The van der Waals surface area contributed by atoms with Gasteiger partial charge in [-0.1, -0.05) is 150 Å². The molecule has 0 amide bonds. The van der Waals surface area contributed by atoms with Crippen molar-refractivity contribution in [2.75, 3.05) is 0 Å². The lowest BCUT2D eigenvalue weighted by Crippen LogP contribution is -2.19. The van der Waals surface area contributed by atoms with Gasteiger partial charge in [-0.25, -0.2) is 0 Å². The lowest BCUT2D eigenvalue weighted by Gasteiger charge is -2.32. The highest BCUT2D eigenvalue weighted by molar-refractivity contribution is 5.37. The van der Waals surface area contributed by atoms with Gasteiger partial charge in [0.15, 0.2) is 0 Å². The van der Waals surface area contributed by atoms with Crippen molar-refractivity contribution in [3.8, 4) is 0 Å². The maximum Gasteiger partial charge on any atom is -0.0104 e. The molecule has 0 aliphatic heterocycles. The molecule has 0 aromatic carbocycles. The molecule has 216 valence electrons. The SMILES string of the molecule is CC(C)=CCC/C(C)=C/C=C/C(C)=C\C=C/C(C)=C/C=C/C=C(C)/C=C\C=C(C)/C=C/C1=C(C)CCCC1(C)C. The lowest BCUT2D eigenvalue weighted by atomic mass is 9.72. The standard InChI is InChI=1S/C40H56/c1-32(2)18-13-21-35(5)24-15-26-36(6)25-14-22-33(3)19-11-12-20-34(4)23-16-27-37(7)29-30-39-38(8)28-17-31-40(39,9)10/h11-12,14-16,18-20,22-27,29-30H,13,17,21,28,31H2,1-10H3/b12-11+,22-14-,23-16-,26-15+,30-29+,33-19+,34-20+,35-24+,36-25-,37-27-. The summed E-state index contributed by atoms with van der Waals surface area (Å²) in [5, 5.41) is 0. The molecule has 1 rings (SSSR count). The Hall–Kier alpha value is -3.12. The van der Waals surface area contributed by atoms with Crippen LogP contribution < -0.4 is 0 Å². The molecular formula is C40H56. The molecule has 0 heteroatoms. The maximum absolute atomic E-state index is 2.37. The molecule has 0 saturated heterocycles. The summed E-state index contributed by atoms with van der Waals surface area (Å²) >= 11 is 0. The van der Waals surface area contributed by atoms with Crippen LogP contribution in [0.25, 0.3) is 0 Å². The Bertz CT molecular complexity index is 1180. The highest BCUT2D eigenvalue weighted by Crippen LogP contribution is 2.40. The van der Waals surface area contributed by atoms with Gasteiger partial charge in [-0.15, -0.1) is 0 Å². The summed E-state index contributed by atoms with van der Waals surface area (Å²) in [7, 11) is 0. The molecule has 0 saturated carbocycles. The quantitative estimate of drug-likeness (QED) is 0.162. The summed E-state index contributed by atoms with van der Waals surface area (Å²) in [6, 6.07) is 0. The molecule has 0 unspecified atom stereocenters. The smallest absolute Gasteiger partial charge is 0.0104 e. The van der Waals surface area contributed by atoms with Crippen molar-refractivity contribution in [2.24, 2.45) is 5.41 Å². The summed E-state index contributed by atoms with van der Waals surface area (Å²) in [5.74, 6) is 0. The molecular weight excluding hydrogens is 480 g/mol. The van der Waals surface area contributed by atoms with Gasteiger partial charge in [-0.05, 0) is 98.5 Å². The molecule has 1 aliphatic rings. The molecule has 0 heterocycles. The first-order valence-corrected chi connectivity index (χ1v) is 15.0. The van der Waals surface area contributed by atoms with Gasteiger partial charge in [0, 0.05) is 0 Å². The van der Waals surface area contributed by atoms with Crippen LogP contribution in [0.2, 0.25) is 0 Å². The molecule has 0 aromatic heterocycles. The average Bonchev–Trinajstić information content (AvgIpc) is 2.85. The third-order valence-electron chi connectivity index (χ3n) is 7.15. The van der Waals surface area contributed by atoms with Crippen LogP contribution in [-0.2, 0) is 0 Å². The highest BCUT2D eigenvalue weighted by Gasteiger charge is 2.26. The first-order valence-electron chi connectivity index (χ1n) is 15.0. The molecule has 0 N–H and O–H groups in total. The van der Waals surface area contributed by atoms with Crippen molar-refractivity contribution in [3.05, 3.63) is 142 Å². The molecule has 0 nitrogen and oxygen atoms in total. The predicted molar refractivity (Wildman–Crippen MR) is 183 cm³/mol. The molecule has 1 aliphatic carbocycles. The zero-order valence-electron chi connectivity index (χ0n) is 27.3. The maximum atomic E-state index is 2.37. The zero-order chi connectivity index (χ0) is 30.0. The minimum atomic E-state index is 0.290. The predicted octanol–water partition coefficient (Wildman–Crippen LogP) is 12.8. The molecule has 0 radical (unpaired) electrons. The summed E-state index contributed by atoms with van der Waals surface area (Å²) < 4.78 is 0. The Morgan fingerprint density at radius 2 is 1.12 bits per heavy atom. The molecule has 0 bridgehead atoms. The van der Waals surface area contributed by atoms with E-state index in [0.717, 1.165) is 12.8 Å². The second kappa shape index (κ2) is 19.0. The van der Waals surface area contributed by atoms with Crippen LogP contribution in [0.5, 0.6) is 0 Å². The molecule has 40 heavy (non-hydrogen) atoms. The second-order valence-electron chi connectivity index (χ2n) is 12.2. The van der Waals surface area contributed by atoms with Gasteiger partial charge < -0.3 is 0 Å². The Kier molecular flexibility index (Phi) is 16.6. The van der Waals surface area contributed by atoms with Gasteiger partial charge >= 0.3 is 0 Å². The first kappa shape index (κ1) is 34.9. The van der Waals surface area contributed by atoms with Crippen molar-refractivity contribution < 1.29 is 0 Å². The van der Waals surface area contributed by atoms with Gasteiger partial charge in [-0.2, -0.15) is 0 Å². The van der Waals surface area contributed by atoms with Gasteiger partial charge in [0.2, 0.25) is 0 Å². The van der Waals surface area contributed by atoms with E-state index in [9.17, 15) is 0 Å². The van der Waals surface area contributed by atoms with Gasteiger partial charge in [0.1, 0.15) is 0 Å². The number of hydrogen-bond donors (Lipinski definition) is 0. The summed E-state index contributed by atoms with van der Waals surface area (Å²) in [5.41, 5.74) is 11.1. The van der Waals surface area contributed by atoms with Crippen LogP contribution in [0.1, 0.15) is 101 Å². The fraction of sp³-hybridized carbons (Fsp3) is 0.400. The first-order chi connectivity index (χ1) is 18.9.